The molecule has 50 heavy (non-hydrogen) atoms. The number of hydrogen-bond donors (Lipinski definition) is 3. The Morgan fingerprint density at radius 1 is 0.840 bits per heavy atom. The summed E-state index contributed by atoms with van der Waals surface area (Å²) in [5, 5.41) is 8.99. The van der Waals surface area contributed by atoms with E-state index in [4.69, 9.17) is 0 Å². The van der Waals surface area contributed by atoms with Gasteiger partial charge in [0, 0.05) is 73.5 Å². The Kier molecular flexibility index (Phi) is 10.8. The van der Waals surface area contributed by atoms with Gasteiger partial charge in [0.25, 0.3) is 5.91 Å². The van der Waals surface area contributed by atoms with E-state index in [9.17, 15) is 9.59 Å². The fourth-order valence-corrected chi connectivity index (χ4v) is 7.37. The van der Waals surface area contributed by atoms with E-state index in [-0.39, 0.29) is 11.9 Å². The zero-order valence-electron chi connectivity index (χ0n) is 28.7. The maximum absolute atomic E-state index is 12.8. The zero-order valence-corrected chi connectivity index (χ0v) is 28.7. The number of benzene rings is 3. The Morgan fingerprint density at radius 3 is 2.46 bits per heavy atom. The molecule has 4 fully saturated rings. The number of pyridine rings is 1. The summed E-state index contributed by atoms with van der Waals surface area (Å²) in [5.41, 5.74) is 7.41. The van der Waals surface area contributed by atoms with Crippen molar-refractivity contribution in [3.63, 3.8) is 0 Å². The van der Waals surface area contributed by atoms with Crippen LogP contribution in [0.3, 0.4) is 0 Å². The molecule has 4 aromatic rings. The van der Waals surface area contributed by atoms with Crippen LogP contribution in [0, 0.1) is 17.8 Å². The molecule has 0 spiro atoms. The first kappa shape index (κ1) is 33.5. The molecule has 1 saturated carbocycles. The van der Waals surface area contributed by atoms with Gasteiger partial charge in [-0.1, -0.05) is 48.6 Å². The summed E-state index contributed by atoms with van der Waals surface area (Å²) in [6.07, 6.45) is 10.7. The highest BCUT2D eigenvalue weighted by Gasteiger charge is 2.42. The van der Waals surface area contributed by atoms with E-state index in [0.717, 1.165) is 66.0 Å². The monoisotopic (exact) mass is 666 g/mol. The molecule has 0 radical (unpaired) electrons. The van der Waals surface area contributed by atoms with Crippen molar-refractivity contribution >= 4 is 17.6 Å². The normalized spacial score (nSPS) is 18.4. The summed E-state index contributed by atoms with van der Waals surface area (Å²) in [4.78, 5) is 34.8. The predicted octanol–water partition coefficient (Wildman–Crippen LogP) is 6.32. The highest BCUT2D eigenvalue weighted by Crippen LogP contribution is 2.41. The lowest BCUT2D eigenvalue weighted by Gasteiger charge is -2.26. The highest BCUT2D eigenvalue weighted by atomic mass is 16.2. The summed E-state index contributed by atoms with van der Waals surface area (Å²) in [6.45, 7) is 6.45. The van der Waals surface area contributed by atoms with E-state index in [1.807, 2.05) is 60.8 Å². The van der Waals surface area contributed by atoms with Crippen LogP contribution in [0.5, 0.6) is 0 Å². The average molecular weight is 667 g/mol. The van der Waals surface area contributed by atoms with E-state index in [2.05, 4.69) is 66.8 Å². The van der Waals surface area contributed by atoms with Gasteiger partial charge in [-0.05, 0) is 122 Å². The van der Waals surface area contributed by atoms with Crippen molar-refractivity contribution in [1.29, 1.82) is 0 Å². The Morgan fingerprint density at radius 2 is 1.68 bits per heavy atom. The first-order valence-corrected chi connectivity index (χ1v) is 18.1. The van der Waals surface area contributed by atoms with Crippen LogP contribution in [0.15, 0.2) is 91.3 Å². The number of urea groups is 1. The van der Waals surface area contributed by atoms with Crippen LogP contribution in [0.1, 0.15) is 64.7 Å². The number of hydrogen-bond acceptors (Lipinski definition) is 5. The van der Waals surface area contributed by atoms with E-state index in [1.165, 1.54) is 44.2 Å². The molecule has 8 rings (SSSR count). The van der Waals surface area contributed by atoms with Crippen molar-refractivity contribution in [2.45, 2.75) is 51.1 Å². The summed E-state index contributed by atoms with van der Waals surface area (Å²) in [6, 6.07) is 26.5. The Hall–Kier alpha value is -4.97. The van der Waals surface area contributed by atoms with Gasteiger partial charge >= 0.3 is 6.03 Å². The fourth-order valence-electron chi connectivity index (χ4n) is 7.37. The molecule has 3 aliphatic heterocycles. The summed E-state index contributed by atoms with van der Waals surface area (Å²) >= 11 is 0. The molecule has 8 nitrogen and oxygen atoms in total. The van der Waals surface area contributed by atoms with Crippen LogP contribution in [0.25, 0.3) is 11.1 Å². The molecule has 4 heterocycles. The minimum Gasteiger partial charge on any atom is -0.351 e. The van der Waals surface area contributed by atoms with Crippen LogP contribution in [0.2, 0.25) is 0 Å². The van der Waals surface area contributed by atoms with Gasteiger partial charge in [-0.3, -0.25) is 14.7 Å². The Labute approximate surface area is 295 Å². The SMILES string of the molecule is O=C(NCCc1cccnc1)Nc1ccc(-c2cccc(CN3CC4CC3C4)c2)c(C#Cc2ccc(C(=O)NCCN3CCCCC3)cc2)c1. The standard InChI is InChI=1S/C42H46N6O2/c49-41(44-20-23-47-21-2-1-3-22-47)35-12-9-31(10-13-35)11-14-37-27-38(46-42(50)45-19-17-32-7-5-18-43-28-32)15-16-40(37)36-8-4-6-33(24-36)29-48-30-34-25-39(48)26-34/h4-10,12-13,15-16,18,24,27-28,34,39H,1-3,17,19-23,25-26,29-30H2,(H,44,49)(H2,45,46,50). The Bertz CT molecular complexity index is 1840. The lowest BCUT2D eigenvalue weighted by atomic mass is 9.86. The Balaban J connectivity index is 1.05. The van der Waals surface area contributed by atoms with Crippen molar-refractivity contribution in [2.24, 2.45) is 5.92 Å². The van der Waals surface area contributed by atoms with Gasteiger partial charge in [0.05, 0.1) is 0 Å². The highest BCUT2D eigenvalue weighted by molar-refractivity contribution is 5.94. The second kappa shape index (κ2) is 16.2. The van der Waals surface area contributed by atoms with Crippen LogP contribution in [0.4, 0.5) is 10.5 Å². The average Bonchev–Trinajstić information content (AvgIpc) is 3.72. The molecule has 3 aromatic carbocycles. The third-order valence-corrected chi connectivity index (χ3v) is 10.2. The van der Waals surface area contributed by atoms with Gasteiger partial charge in [0.15, 0.2) is 0 Å². The molecule has 1 aliphatic carbocycles. The van der Waals surface area contributed by atoms with E-state index in [1.54, 1.807) is 6.20 Å². The maximum atomic E-state index is 12.8. The van der Waals surface area contributed by atoms with Gasteiger partial charge in [0.1, 0.15) is 0 Å². The molecule has 3 amide bonds. The molecular weight excluding hydrogens is 621 g/mol. The molecular formula is C42H46N6O2. The summed E-state index contributed by atoms with van der Waals surface area (Å²) < 4.78 is 0. The molecule has 1 aromatic heterocycles. The maximum Gasteiger partial charge on any atom is 0.319 e. The number of rotatable bonds is 11. The van der Waals surface area contributed by atoms with E-state index >= 15 is 0 Å². The summed E-state index contributed by atoms with van der Waals surface area (Å²) in [7, 11) is 0. The molecule has 4 aliphatic rings. The first-order valence-electron chi connectivity index (χ1n) is 18.1. The number of aromatic nitrogens is 1. The number of carbonyl (C=O) groups is 2. The van der Waals surface area contributed by atoms with Gasteiger partial charge in [-0.2, -0.15) is 0 Å². The number of nitrogens with one attached hydrogen (secondary N) is 3. The number of anilines is 1. The van der Waals surface area contributed by atoms with Gasteiger partial charge in [-0.25, -0.2) is 4.79 Å². The van der Waals surface area contributed by atoms with Crippen molar-refractivity contribution in [2.75, 3.05) is 44.6 Å². The lowest BCUT2D eigenvalue weighted by molar-refractivity contribution is 0.0946. The topological polar surface area (TPSA) is 89.6 Å². The van der Waals surface area contributed by atoms with Crippen LogP contribution < -0.4 is 16.0 Å². The van der Waals surface area contributed by atoms with E-state index < -0.39 is 0 Å². The number of fused-ring (bicyclic) bond motifs is 1. The smallest absolute Gasteiger partial charge is 0.319 e. The minimum absolute atomic E-state index is 0.0627. The number of amides is 3. The molecule has 0 unspecified atom stereocenters. The predicted molar refractivity (Wildman–Crippen MR) is 199 cm³/mol. The minimum atomic E-state index is -0.267. The van der Waals surface area contributed by atoms with Crippen molar-refractivity contribution in [3.05, 3.63) is 119 Å². The van der Waals surface area contributed by atoms with Gasteiger partial charge < -0.3 is 20.9 Å². The number of likely N-dealkylation sites (tertiary alicyclic amines) is 1. The van der Waals surface area contributed by atoms with Gasteiger partial charge in [-0.15, -0.1) is 0 Å². The largest absolute Gasteiger partial charge is 0.351 e. The molecule has 3 N–H and O–H groups in total. The third-order valence-electron chi connectivity index (χ3n) is 10.2. The zero-order chi connectivity index (χ0) is 34.1. The summed E-state index contributed by atoms with van der Waals surface area (Å²) in [5.74, 6) is 7.51. The molecule has 2 bridgehead atoms. The van der Waals surface area contributed by atoms with Gasteiger partial charge in [0.2, 0.25) is 0 Å². The third kappa shape index (κ3) is 8.78. The number of carbonyl (C=O) groups excluding carboxylic acids is 2. The molecule has 256 valence electrons. The second-order valence-electron chi connectivity index (χ2n) is 13.9. The molecule has 8 heteroatoms. The van der Waals surface area contributed by atoms with Crippen molar-refractivity contribution in [1.82, 2.24) is 25.4 Å². The van der Waals surface area contributed by atoms with Crippen LogP contribution >= 0.6 is 0 Å². The van der Waals surface area contributed by atoms with E-state index in [0.29, 0.717) is 30.8 Å². The number of nitrogens with zero attached hydrogens (tertiary/aromatic N) is 3. The first-order chi connectivity index (χ1) is 24.6. The van der Waals surface area contributed by atoms with Crippen LogP contribution in [-0.4, -0.2) is 72.0 Å². The quantitative estimate of drug-likeness (QED) is 0.163. The second-order valence-corrected chi connectivity index (χ2v) is 13.9. The van der Waals surface area contributed by atoms with Crippen molar-refractivity contribution in [3.8, 4) is 23.0 Å². The van der Waals surface area contributed by atoms with Crippen LogP contribution in [-0.2, 0) is 13.0 Å². The molecule has 3 saturated heterocycles. The molecule has 0 atom stereocenters. The number of piperidine rings is 1. The lowest BCUT2D eigenvalue weighted by Crippen LogP contribution is -2.37. The fraction of sp³-hybridized carbons (Fsp3) is 0.357. The van der Waals surface area contributed by atoms with Crippen molar-refractivity contribution < 1.29 is 9.59 Å².